The van der Waals surface area contributed by atoms with E-state index in [9.17, 15) is 9.59 Å². The Morgan fingerprint density at radius 1 is 1.18 bits per heavy atom. The highest BCUT2D eigenvalue weighted by Gasteiger charge is 2.15. The molecule has 0 radical (unpaired) electrons. The van der Waals surface area contributed by atoms with Crippen LogP contribution in [0.4, 0.5) is 0 Å². The molecule has 0 saturated heterocycles. The van der Waals surface area contributed by atoms with Crippen molar-refractivity contribution in [3.63, 3.8) is 0 Å². The van der Waals surface area contributed by atoms with Gasteiger partial charge in [-0.05, 0) is 30.7 Å². The Kier molecular flexibility index (Phi) is 7.19. The SMILES string of the molecule is CCC(Oc1ccccc1)C(=O)O.O=Cc1cccc(O)c1. The van der Waals surface area contributed by atoms with E-state index in [4.69, 9.17) is 14.9 Å². The molecule has 2 rings (SSSR count). The predicted molar refractivity (Wildman–Crippen MR) is 82.3 cm³/mol. The zero-order valence-electron chi connectivity index (χ0n) is 12.2. The van der Waals surface area contributed by atoms with Crippen molar-refractivity contribution < 1.29 is 24.5 Å². The average molecular weight is 302 g/mol. The van der Waals surface area contributed by atoms with Crippen LogP contribution in [0.3, 0.4) is 0 Å². The number of aromatic hydroxyl groups is 1. The van der Waals surface area contributed by atoms with Crippen molar-refractivity contribution in [1.29, 1.82) is 0 Å². The highest BCUT2D eigenvalue weighted by molar-refractivity contribution is 5.75. The highest BCUT2D eigenvalue weighted by atomic mass is 16.5. The first-order chi connectivity index (χ1) is 10.6. The van der Waals surface area contributed by atoms with Gasteiger partial charge in [-0.2, -0.15) is 0 Å². The van der Waals surface area contributed by atoms with Gasteiger partial charge in [0.1, 0.15) is 17.8 Å². The number of aliphatic carboxylic acids is 1. The lowest BCUT2D eigenvalue weighted by Crippen LogP contribution is -2.25. The smallest absolute Gasteiger partial charge is 0.344 e. The zero-order valence-corrected chi connectivity index (χ0v) is 12.2. The number of benzene rings is 2. The Hall–Kier alpha value is -2.82. The summed E-state index contributed by atoms with van der Waals surface area (Å²) in [5.41, 5.74) is 0.495. The number of para-hydroxylation sites is 1. The molecule has 1 atom stereocenters. The number of hydrogen-bond acceptors (Lipinski definition) is 4. The molecular weight excluding hydrogens is 284 g/mol. The summed E-state index contributed by atoms with van der Waals surface area (Å²) in [5.74, 6) is -0.206. The minimum atomic E-state index is -0.925. The van der Waals surface area contributed by atoms with Crippen molar-refractivity contribution in [2.45, 2.75) is 19.4 Å². The van der Waals surface area contributed by atoms with Crippen molar-refractivity contribution in [2.24, 2.45) is 0 Å². The number of rotatable bonds is 5. The number of aldehydes is 1. The van der Waals surface area contributed by atoms with Crippen molar-refractivity contribution in [3.8, 4) is 11.5 Å². The minimum Gasteiger partial charge on any atom is -0.508 e. The summed E-state index contributed by atoms with van der Waals surface area (Å²) in [4.78, 5) is 20.7. The van der Waals surface area contributed by atoms with Crippen LogP contribution in [0.5, 0.6) is 11.5 Å². The van der Waals surface area contributed by atoms with E-state index in [2.05, 4.69) is 0 Å². The lowest BCUT2D eigenvalue weighted by molar-refractivity contribution is -0.145. The Morgan fingerprint density at radius 2 is 1.86 bits per heavy atom. The molecule has 0 spiro atoms. The van der Waals surface area contributed by atoms with Gasteiger partial charge in [-0.1, -0.05) is 37.3 Å². The summed E-state index contributed by atoms with van der Waals surface area (Å²) >= 11 is 0. The van der Waals surface area contributed by atoms with E-state index in [-0.39, 0.29) is 5.75 Å². The quantitative estimate of drug-likeness (QED) is 0.829. The second kappa shape index (κ2) is 9.18. The molecule has 0 aromatic heterocycles. The molecule has 0 aliphatic carbocycles. The standard InChI is InChI=1S/C10H12O3.C7H6O2/c1-2-9(10(11)12)13-8-6-4-3-5-7-8;8-5-6-2-1-3-7(9)4-6/h3-7,9H,2H2,1H3,(H,11,12);1-5,9H. The average Bonchev–Trinajstić information content (AvgIpc) is 2.54. The van der Waals surface area contributed by atoms with Crippen LogP contribution in [-0.4, -0.2) is 28.6 Å². The molecule has 2 aromatic carbocycles. The molecule has 2 aromatic rings. The highest BCUT2D eigenvalue weighted by Crippen LogP contribution is 2.12. The largest absolute Gasteiger partial charge is 0.508 e. The summed E-state index contributed by atoms with van der Waals surface area (Å²) in [6, 6.07) is 15.1. The van der Waals surface area contributed by atoms with E-state index in [1.807, 2.05) is 18.2 Å². The number of hydrogen-bond donors (Lipinski definition) is 2. The van der Waals surface area contributed by atoms with Crippen LogP contribution >= 0.6 is 0 Å². The molecule has 2 N–H and O–H groups in total. The molecule has 0 heterocycles. The first-order valence-electron chi connectivity index (χ1n) is 6.75. The number of phenolic OH excluding ortho intramolecular Hbond substituents is 1. The molecule has 0 fully saturated rings. The molecule has 1 unspecified atom stereocenters. The topological polar surface area (TPSA) is 83.8 Å². The van der Waals surface area contributed by atoms with Gasteiger partial charge < -0.3 is 14.9 Å². The van der Waals surface area contributed by atoms with Gasteiger partial charge in [-0.25, -0.2) is 4.79 Å². The van der Waals surface area contributed by atoms with Crippen LogP contribution in [0, 0.1) is 0 Å². The number of carbonyl (C=O) groups excluding carboxylic acids is 1. The Balaban J connectivity index is 0.000000235. The molecule has 0 bridgehead atoms. The van der Waals surface area contributed by atoms with Crippen LogP contribution in [0.25, 0.3) is 0 Å². The summed E-state index contributed by atoms with van der Waals surface area (Å²) in [5, 5.41) is 17.5. The number of ether oxygens (including phenoxy) is 1. The third-order valence-electron chi connectivity index (χ3n) is 2.67. The van der Waals surface area contributed by atoms with Crippen molar-refractivity contribution in [2.75, 3.05) is 0 Å². The maximum absolute atomic E-state index is 10.6. The summed E-state index contributed by atoms with van der Waals surface area (Å²) < 4.78 is 5.23. The van der Waals surface area contributed by atoms with Gasteiger partial charge in [0.25, 0.3) is 0 Å². The zero-order chi connectivity index (χ0) is 16.4. The Morgan fingerprint density at radius 3 is 2.32 bits per heavy atom. The fourth-order valence-corrected chi connectivity index (χ4v) is 1.57. The number of carboxylic acids is 1. The lowest BCUT2D eigenvalue weighted by atomic mass is 10.2. The first kappa shape index (κ1) is 17.2. The van der Waals surface area contributed by atoms with E-state index in [1.165, 1.54) is 12.1 Å². The minimum absolute atomic E-state index is 0.125. The number of phenols is 1. The van der Waals surface area contributed by atoms with E-state index in [0.717, 1.165) is 0 Å². The maximum Gasteiger partial charge on any atom is 0.344 e. The normalized spacial score (nSPS) is 10.8. The van der Waals surface area contributed by atoms with Crippen LogP contribution < -0.4 is 4.74 Å². The van der Waals surface area contributed by atoms with Gasteiger partial charge in [0, 0.05) is 5.56 Å². The van der Waals surface area contributed by atoms with Gasteiger partial charge in [0.2, 0.25) is 0 Å². The monoisotopic (exact) mass is 302 g/mol. The van der Waals surface area contributed by atoms with Crippen LogP contribution in [0.15, 0.2) is 54.6 Å². The summed E-state index contributed by atoms with van der Waals surface area (Å²) in [6.07, 6.45) is 0.409. The van der Waals surface area contributed by atoms with Gasteiger partial charge in [-0.15, -0.1) is 0 Å². The first-order valence-corrected chi connectivity index (χ1v) is 6.75. The number of carboxylic acid groups (broad SMARTS) is 1. The second-order valence-corrected chi connectivity index (χ2v) is 4.38. The Labute approximate surface area is 128 Å². The van der Waals surface area contributed by atoms with Crippen LogP contribution in [0.1, 0.15) is 23.7 Å². The Bertz CT molecular complexity index is 595. The molecule has 0 amide bonds. The summed E-state index contributed by atoms with van der Waals surface area (Å²) in [7, 11) is 0. The van der Waals surface area contributed by atoms with Gasteiger partial charge >= 0.3 is 5.97 Å². The third kappa shape index (κ3) is 6.09. The van der Waals surface area contributed by atoms with Crippen molar-refractivity contribution >= 4 is 12.3 Å². The predicted octanol–water partition coefficient (Wildman–Crippen LogP) is 3.13. The van der Waals surface area contributed by atoms with Crippen LogP contribution in [0.2, 0.25) is 0 Å². The van der Waals surface area contributed by atoms with E-state index < -0.39 is 12.1 Å². The molecule has 0 aliphatic rings. The maximum atomic E-state index is 10.6. The molecule has 5 heteroatoms. The van der Waals surface area contributed by atoms with Crippen molar-refractivity contribution in [3.05, 3.63) is 60.2 Å². The number of carbonyl (C=O) groups is 2. The third-order valence-corrected chi connectivity index (χ3v) is 2.67. The molecule has 22 heavy (non-hydrogen) atoms. The van der Waals surface area contributed by atoms with Gasteiger partial charge in [0.05, 0.1) is 0 Å². The molecule has 116 valence electrons. The second-order valence-electron chi connectivity index (χ2n) is 4.38. The molecule has 0 aliphatic heterocycles. The van der Waals surface area contributed by atoms with Gasteiger partial charge in [-0.3, -0.25) is 4.79 Å². The van der Waals surface area contributed by atoms with E-state index in [0.29, 0.717) is 24.0 Å². The molecule has 5 nitrogen and oxygen atoms in total. The van der Waals surface area contributed by atoms with Gasteiger partial charge in [0.15, 0.2) is 6.10 Å². The fourth-order valence-electron chi connectivity index (χ4n) is 1.57. The van der Waals surface area contributed by atoms with Crippen molar-refractivity contribution in [1.82, 2.24) is 0 Å². The summed E-state index contributed by atoms with van der Waals surface area (Å²) in [6.45, 7) is 1.78. The molecule has 0 saturated carbocycles. The fraction of sp³-hybridized carbons (Fsp3) is 0.176. The van der Waals surface area contributed by atoms with E-state index in [1.54, 1.807) is 31.2 Å². The lowest BCUT2D eigenvalue weighted by Gasteiger charge is -2.12. The van der Waals surface area contributed by atoms with Crippen LogP contribution in [-0.2, 0) is 4.79 Å². The molecular formula is C17H18O5. The van der Waals surface area contributed by atoms with E-state index >= 15 is 0 Å².